The maximum absolute atomic E-state index is 10.6. The molecule has 0 aliphatic carbocycles. The molecule has 4 aromatic carbocycles. The van der Waals surface area contributed by atoms with Crippen molar-refractivity contribution in [2.75, 3.05) is 7.11 Å². The van der Waals surface area contributed by atoms with Gasteiger partial charge in [-0.1, -0.05) is 82.1 Å². The molecule has 0 aliphatic heterocycles. The third-order valence-corrected chi connectivity index (χ3v) is 7.32. The summed E-state index contributed by atoms with van der Waals surface area (Å²) >= 11 is 9.73. The molecule has 0 amide bonds. The standard InChI is InChI=1S/C32H20BrClN4O/c1-39-26-17-11-20(12-18-26)28-27(19-35)30(21-9-15-24(34)16-10-21)36-32-29(28)31(22-7-13-23(33)14-8-22)37-38(32)25-5-3-2-4-6-25/h2-18H,1H3. The summed E-state index contributed by atoms with van der Waals surface area (Å²) in [5, 5.41) is 17.1. The van der Waals surface area contributed by atoms with Crippen LogP contribution in [0.2, 0.25) is 5.02 Å². The van der Waals surface area contributed by atoms with Gasteiger partial charge in [-0.2, -0.15) is 10.4 Å². The number of fused-ring (bicyclic) bond motifs is 1. The highest BCUT2D eigenvalue weighted by atomic mass is 79.9. The van der Waals surface area contributed by atoms with E-state index in [9.17, 15) is 5.26 Å². The van der Waals surface area contributed by atoms with Gasteiger partial charge in [0.15, 0.2) is 5.65 Å². The molecule has 188 valence electrons. The molecule has 0 aliphatic rings. The first-order chi connectivity index (χ1) is 19.1. The Hall–Kier alpha value is -4.44. The first-order valence-corrected chi connectivity index (χ1v) is 13.3. The van der Waals surface area contributed by atoms with Gasteiger partial charge in [0.25, 0.3) is 0 Å². The molecule has 39 heavy (non-hydrogen) atoms. The molecule has 0 N–H and O–H groups in total. The Labute approximate surface area is 239 Å². The first kappa shape index (κ1) is 24.9. The number of pyridine rings is 1. The van der Waals surface area contributed by atoms with Crippen molar-refractivity contribution in [2.24, 2.45) is 0 Å². The Morgan fingerprint density at radius 2 is 1.41 bits per heavy atom. The van der Waals surface area contributed by atoms with E-state index in [0.29, 0.717) is 21.9 Å². The summed E-state index contributed by atoms with van der Waals surface area (Å²) in [6.45, 7) is 0. The highest BCUT2D eigenvalue weighted by molar-refractivity contribution is 9.10. The van der Waals surface area contributed by atoms with Crippen LogP contribution < -0.4 is 4.74 Å². The van der Waals surface area contributed by atoms with Crippen LogP contribution in [0.1, 0.15) is 5.56 Å². The highest BCUT2D eigenvalue weighted by Crippen LogP contribution is 2.42. The molecule has 0 unspecified atom stereocenters. The van der Waals surface area contributed by atoms with Crippen LogP contribution >= 0.6 is 27.5 Å². The van der Waals surface area contributed by atoms with Gasteiger partial charge in [0.05, 0.1) is 29.4 Å². The minimum atomic E-state index is 0.459. The zero-order valence-corrected chi connectivity index (χ0v) is 23.1. The number of nitrogens with zero attached hydrogens (tertiary/aromatic N) is 4. The monoisotopic (exact) mass is 590 g/mol. The van der Waals surface area contributed by atoms with Crippen LogP contribution in [-0.4, -0.2) is 21.9 Å². The number of para-hydroxylation sites is 1. The van der Waals surface area contributed by atoms with Gasteiger partial charge >= 0.3 is 0 Å². The van der Waals surface area contributed by atoms with Gasteiger partial charge in [-0.3, -0.25) is 0 Å². The second-order valence-corrected chi connectivity index (χ2v) is 10.2. The molecule has 6 aromatic rings. The summed E-state index contributed by atoms with van der Waals surface area (Å²) in [6.07, 6.45) is 0. The van der Waals surface area contributed by atoms with Gasteiger partial charge in [0.1, 0.15) is 17.5 Å². The van der Waals surface area contributed by atoms with Crippen molar-refractivity contribution >= 4 is 38.6 Å². The zero-order chi connectivity index (χ0) is 26.9. The summed E-state index contributed by atoms with van der Waals surface area (Å²) in [4.78, 5) is 5.11. The van der Waals surface area contributed by atoms with Crippen LogP contribution in [0.3, 0.4) is 0 Å². The molecule has 5 nitrogen and oxygen atoms in total. The number of nitriles is 1. The number of aromatic nitrogens is 3. The van der Waals surface area contributed by atoms with Crippen molar-refractivity contribution in [3.05, 3.63) is 118 Å². The number of benzene rings is 4. The van der Waals surface area contributed by atoms with Crippen LogP contribution in [0.15, 0.2) is 108 Å². The number of hydrogen-bond donors (Lipinski definition) is 0. The topological polar surface area (TPSA) is 63.7 Å². The third kappa shape index (κ3) is 4.57. The maximum atomic E-state index is 10.6. The molecule has 0 atom stereocenters. The Bertz CT molecular complexity index is 1840. The second kappa shape index (κ2) is 10.4. The molecule has 0 saturated heterocycles. The lowest BCUT2D eigenvalue weighted by atomic mass is 9.92. The molecule has 0 radical (unpaired) electrons. The summed E-state index contributed by atoms with van der Waals surface area (Å²) in [5.41, 5.74) is 6.60. The fraction of sp³-hybridized carbons (Fsp3) is 0.0312. The molecule has 7 heteroatoms. The Morgan fingerprint density at radius 3 is 2.05 bits per heavy atom. The molecular weight excluding hydrogens is 572 g/mol. The lowest BCUT2D eigenvalue weighted by Crippen LogP contribution is -2.01. The predicted octanol–water partition coefficient (Wildman–Crippen LogP) is 8.72. The van der Waals surface area contributed by atoms with E-state index in [4.69, 9.17) is 26.4 Å². The van der Waals surface area contributed by atoms with Gasteiger partial charge in [-0.25, -0.2) is 9.67 Å². The highest BCUT2D eigenvalue weighted by Gasteiger charge is 2.25. The van der Waals surface area contributed by atoms with Crippen molar-refractivity contribution in [1.82, 2.24) is 14.8 Å². The molecule has 2 aromatic heterocycles. The Kier molecular flexibility index (Phi) is 6.62. The SMILES string of the molecule is COc1ccc(-c2c(C#N)c(-c3ccc(Cl)cc3)nc3c2c(-c2ccc(Br)cc2)nn3-c2ccccc2)cc1. The van der Waals surface area contributed by atoms with E-state index < -0.39 is 0 Å². The van der Waals surface area contributed by atoms with Crippen molar-refractivity contribution in [1.29, 1.82) is 5.26 Å². The van der Waals surface area contributed by atoms with E-state index in [1.165, 1.54) is 0 Å². The molecule has 6 rings (SSSR count). The third-order valence-electron chi connectivity index (χ3n) is 6.54. The van der Waals surface area contributed by atoms with Crippen molar-refractivity contribution < 1.29 is 4.74 Å². The minimum absolute atomic E-state index is 0.459. The van der Waals surface area contributed by atoms with E-state index in [1.807, 2.05) is 95.7 Å². The fourth-order valence-corrected chi connectivity index (χ4v) is 5.07. The summed E-state index contributed by atoms with van der Waals surface area (Å²) in [7, 11) is 1.63. The van der Waals surface area contributed by atoms with Crippen molar-refractivity contribution in [2.45, 2.75) is 0 Å². The van der Waals surface area contributed by atoms with Crippen LogP contribution in [0.4, 0.5) is 0 Å². The number of rotatable bonds is 5. The van der Waals surface area contributed by atoms with E-state index in [2.05, 4.69) is 22.0 Å². The molecule has 2 heterocycles. The van der Waals surface area contributed by atoms with Gasteiger partial charge in [0, 0.05) is 26.2 Å². The molecule has 0 fully saturated rings. The largest absolute Gasteiger partial charge is 0.497 e. The van der Waals surface area contributed by atoms with Crippen molar-refractivity contribution in [3.63, 3.8) is 0 Å². The van der Waals surface area contributed by atoms with E-state index in [-0.39, 0.29) is 0 Å². The van der Waals surface area contributed by atoms with Crippen molar-refractivity contribution in [3.8, 4) is 51.1 Å². The normalized spacial score (nSPS) is 10.9. The molecule has 0 saturated carbocycles. The molecule has 0 spiro atoms. The van der Waals surface area contributed by atoms with Gasteiger partial charge in [-0.15, -0.1) is 0 Å². The van der Waals surface area contributed by atoms with E-state index in [1.54, 1.807) is 19.2 Å². The van der Waals surface area contributed by atoms with Crippen LogP contribution in [0.25, 0.3) is 50.4 Å². The second-order valence-electron chi connectivity index (χ2n) is 8.86. The average Bonchev–Trinajstić information content (AvgIpc) is 3.37. The number of ether oxygens (including phenoxy) is 1. The first-order valence-electron chi connectivity index (χ1n) is 12.2. The van der Waals surface area contributed by atoms with Gasteiger partial charge in [0.2, 0.25) is 0 Å². The number of hydrogen-bond acceptors (Lipinski definition) is 4. The zero-order valence-electron chi connectivity index (χ0n) is 20.8. The van der Waals surface area contributed by atoms with Crippen LogP contribution in [0.5, 0.6) is 5.75 Å². The van der Waals surface area contributed by atoms with Crippen LogP contribution in [-0.2, 0) is 0 Å². The lowest BCUT2D eigenvalue weighted by Gasteiger charge is -2.14. The van der Waals surface area contributed by atoms with Gasteiger partial charge < -0.3 is 4.74 Å². The molecule has 0 bridgehead atoms. The quantitative estimate of drug-likeness (QED) is 0.201. The average molecular weight is 592 g/mol. The summed E-state index contributed by atoms with van der Waals surface area (Å²) < 4.78 is 8.22. The Balaban J connectivity index is 1.79. The van der Waals surface area contributed by atoms with Gasteiger partial charge in [-0.05, 0) is 54.1 Å². The summed E-state index contributed by atoms with van der Waals surface area (Å²) in [6, 6.07) is 35.4. The van der Waals surface area contributed by atoms with E-state index >= 15 is 0 Å². The maximum Gasteiger partial charge on any atom is 0.164 e. The number of methoxy groups -OCH3 is 1. The number of halogens is 2. The van der Waals surface area contributed by atoms with E-state index in [0.717, 1.165) is 49.2 Å². The van der Waals surface area contributed by atoms with Crippen LogP contribution in [0, 0.1) is 11.3 Å². The smallest absolute Gasteiger partial charge is 0.164 e. The summed E-state index contributed by atoms with van der Waals surface area (Å²) in [5.74, 6) is 0.730. The molecular formula is C32H20BrClN4O. The fourth-order valence-electron chi connectivity index (χ4n) is 4.68. The minimum Gasteiger partial charge on any atom is -0.497 e. The predicted molar refractivity (Wildman–Crippen MR) is 159 cm³/mol. The Morgan fingerprint density at radius 1 is 0.795 bits per heavy atom. The lowest BCUT2D eigenvalue weighted by molar-refractivity contribution is 0.415.